The van der Waals surface area contributed by atoms with Crippen LogP contribution in [0, 0.1) is 0 Å². The van der Waals surface area contributed by atoms with Crippen molar-refractivity contribution in [2.75, 3.05) is 31.5 Å². The summed E-state index contributed by atoms with van der Waals surface area (Å²) in [5.41, 5.74) is 2.34. The van der Waals surface area contributed by atoms with E-state index in [0.29, 0.717) is 17.0 Å². The van der Waals surface area contributed by atoms with Crippen LogP contribution in [0.25, 0.3) is 22.8 Å². The lowest BCUT2D eigenvalue weighted by Gasteiger charge is -2.17. The molecule has 160 valence electrons. The van der Waals surface area contributed by atoms with Crippen molar-refractivity contribution in [2.24, 2.45) is 0 Å². The summed E-state index contributed by atoms with van der Waals surface area (Å²) in [6, 6.07) is 6.78. The number of nitrogens with zero attached hydrogens (tertiary/aromatic N) is 5. The molecule has 0 aromatic carbocycles. The second kappa shape index (κ2) is 9.66. The third-order valence-electron chi connectivity index (χ3n) is 4.59. The molecule has 3 rings (SSSR count). The lowest BCUT2D eigenvalue weighted by molar-refractivity contribution is -0.159. The summed E-state index contributed by atoms with van der Waals surface area (Å²) in [6.07, 6.45) is -0.485. The number of pyridine rings is 2. The van der Waals surface area contributed by atoms with Crippen molar-refractivity contribution < 1.29 is 17.7 Å². The van der Waals surface area contributed by atoms with Crippen molar-refractivity contribution in [3.63, 3.8) is 0 Å². The van der Waals surface area contributed by atoms with E-state index in [0.717, 1.165) is 38.3 Å². The van der Waals surface area contributed by atoms with Gasteiger partial charge in [-0.05, 0) is 50.3 Å². The molecule has 0 radical (unpaired) electrons. The van der Waals surface area contributed by atoms with E-state index in [1.807, 2.05) is 6.07 Å². The maximum Gasteiger partial charge on any atom is 0.471 e. The van der Waals surface area contributed by atoms with E-state index in [1.165, 1.54) is 12.3 Å². The minimum absolute atomic E-state index is 0.155. The van der Waals surface area contributed by atoms with Crippen LogP contribution in [0.15, 0.2) is 41.2 Å². The van der Waals surface area contributed by atoms with Gasteiger partial charge < -0.3 is 14.7 Å². The third kappa shape index (κ3) is 5.53. The number of hydrogen-bond acceptors (Lipinski definition) is 7. The van der Waals surface area contributed by atoms with Gasteiger partial charge in [0, 0.05) is 18.3 Å². The van der Waals surface area contributed by atoms with Crippen molar-refractivity contribution in [2.45, 2.75) is 26.4 Å². The topological polar surface area (TPSA) is 80.0 Å². The first-order valence-corrected chi connectivity index (χ1v) is 9.70. The van der Waals surface area contributed by atoms with E-state index in [4.69, 9.17) is 0 Å². The first-order chi connectivity index (χ1) is 14.4. The Morgan fingerprint density at radius 1 is 1.07 bits per heavy atom. The molecule has 0 saturated carbocycles. The fourth-order valence-corrected chi connectivity index (χ4v) is 2.89. The molecule has 0 unspecified atom stereocenters. The first kappa shape index (κ1) is 21.7. The Bertz CT molecular complexity index is 938. The van der Waals surface area contributed by atoms with E-state index < -0.39 is 12.1 Å². The average molecular weight is 420 g/mol. The van der Waals surface area contributed by atoms with Crippen molar-refractivity contribution in [1.29, 1.82) is 0 Å². The summed E-state index contributed by atoms with van der Waals surface area (Å²) < 4.78 is 42.3. The van der Waals surface area contributed by atoms with Crippen molar-refractivity contribution >= 4 is 5.69 Å². The molecule has 3 aromatic heterocycles. The highest BCUT2D eigenvalue weighted by atomic mass is 19.4. The van der Waals surface area contributed by atoms with Crippen molar-refractivity contribution in [3.05, 3.63) is 42.5 Å². The summed E-state index contributed by atoms with van der Waals surface area (Å²) in [7, 11) is 0. The minimum atomic E-state index is -4.68. The van der Waals surface area contributed by atoms with Crippen LogP contribution in [0.2, 0.25) is 0 Å². The van der Waals surface area contributed by atoms with Crippen LogP contribution in [0.1, 0.15) is 26.2 Å². The third-order valence-corrected chi connectivity index (χ3v) is 4.59. The lowest BCUT2D eigenvalue weighted by atomic mass is 10.1. The molecule has 1 N–H and O–H groups in total. The van der Waals surface area contributed by atoms with Gasteiger partial charge in [-0.1, -0.05) is 19.0 Å². The number of anilines is 1. The van der Waals surface area contributed by atoms with Crippen LogP contribution in [-0.2, 0) is 6.18 Å². The largest absolute Gasteiger partial charge is 0.471 e. The minimum Gasteiger partial charge on any atom is -0.384 e. The molecule has 0 atom stereocenters. The van der Waals surface area contributed by atoms with Gasteiger partial charge in [-0.3, -0.25) is 9.97 Å². The highest BCUT2D eigenvalue weighted by molar-refractivity contribution is 5.65. The molecule has 30 heavy (non-hydrogen) atoms. The van der Waals surface area contributed by atoms with Gasteiger partial charge in [-0.25, -0.2) is 0 Å². The summed E-state index contributed by atoms with van der Waals surface area (Å²) in [5.74, 6) is -1.54. The highest BCUT2D eigenvalue weighted by Crippen LogP contribution is 2.30. The molecule has 0 bridgehead atoms. The molecule has 0 aliphatic heterocycles. The molecule has 3 aromatic rings. The van der Waals surface area contributed by atoms with Gasteiger partial charge >= 0.3 is 12.1 Å². The summed E-state index contributed by atoms with van der Waals surface area (Å²) in [6.45, 7) is 8.26. The van der Waals surface area contributed by atoms with Crippen LogP contribution >= 0.6 is 0 Å². The summed E-state index contributed by atoms with van der Waals surface area (Å²) in [5, 5.41) is 6.73. The number of alkyl halides is 3. The number of nitrogens with one attached hydrogen (secondary N) is 1. The fourth-order valence-electron chi connectivity index (χ4n) is 2.89. The smallest absolute Gasteiger partial charge is 0.384 e. The summed E-state index contributed by atoms with van der Waals surface area (Å²) >= 11 is 0. The molecule has 0 saturated heterocycles. The number of halogens is 3. The maximum absolute atomic E-state index is 12.7. The first-order valence-electron chi connectivity index (χ1n) is 9.70. The van der Waals surface area contributed by atoms with Gasteiger partial charge in [-0.15, -0.1) is 0 Å². The highest BCUT2D eigenvalue weighted by Gasteiger charge is 2.38. The molecule has 0 fully saturated rings. The SMILES string of the molecule is CCN(CC)CCCNc1ccc(-c2cc(-c3noc(C(F)(F)F)n3)ccn2)nc1. The summed E-state index contributed by atoms with van der Waals surface area (Å²) in [4.78, 5) is 14.4. The van der Waals surface area contributed by atoms with Gasteiger partial charge in [0.2, 0.25) is 5.82 Å². The number of hydrogen-bond donors (Lipinski definition) is 1. The van der Waals surface area contributed by atoms with Gasteiger partial charge in [0.25, 0.3) is 0 Å². The van der Waals surface area contributed by atoms with Gasteiger partial charge in [0.1, 0.15) is 0 Å². The molecule has 0 aliphatic carbocycles. The number of rotatable bonds is 9. The molecule has 0 aliphatic rings. The Balaban J connectivity index is 1.64. The predicted octanol–water partition coefficient (Wildman–Crippen LogP) is 4.36. The Morgan fingerprint density at radius 3 is 2.50 bits per heavy atom. The standard InChI is InChI=1S/C20H23F3N6O/c1-3-29(4-2)11-5-9-24-15-6-7-16(26-13-15)17-12-14(8-10-25-17)18-27-19(30-28-18)20(21,22)23/h6-8,10,12-13,24H,3-5,9,11H2,1-2H3. The van der Waals surface area contributed by atoms with Gasteiger partial charge in [0.15, 0.2) is 0 Å². The Morgan fingerprint density at radius 2 is 1.87 bits per heavy atom. The number of aromatic nitrogens is 4. The monoisotopic (exact) mass is 420 g/mol. The van der Waals surface area contributed by atoms with Crippen LogP contribution in [-0.4, -0.2) is 51.2 Å². The van der Waals surface area contributed by atoms with E-state index >= 15 is 0 Å². The molecule has 0 spiro atoms. The predicted molar refractivity (Wildman–Crippen MR) is 107 cm³/mol. The zero-order valence-corrected chi connectivity index (χ0v) is 16.8. The normalized spacial score (nSPS) is 11.8. The van der Waals surface area contributed by atoms with E-state index in [9.17, 15) is 13.2 Å². The molecule has 0 amide bonds. The molecular formula is C20H23F3N6O. The Labute approximate surface area is 172 Å². The zero-order valence-electron chi connectivity index (χ0n) is 16.8. The van der Waals surface area contributed by atoms with Crippen LogP contribution in [0.5, 0.6) is 0 Å². The fraction of sp³-hybridized carbons (Fsp3) is 0.400. The average Bonchev–Trinajstić information content (AvgIpc) is 3.25. The van der Waals surface area contributed by atoms with Gasteiger partial charge in [0.05, 0.1) is 23.3 Å². The van der Waals surface area contributed by atoms with Crippen LogP contribution in [0.4, 0.5) is 18.9 Å². The van der Waals surface area contributed by atoms with E-state index in [-0.39, 0.29) is 5.82 Å². The van der Waals surface area contributed by atoms with E-state index in [1.54, 1.807) is 18.3 Å². The van der Waals surface area contributed by atoms with Crippen LogP contribution < -0.4 is 5.32 Å². The second-order valence-electron chi connectivity index (χ2n) is 6.59. The molecule has 7 nitrogen and oxygen atoms in total. The van der Waals surface area contributed by atoms with E-state index in [2.05, 4.69) is 48.7 Å². The maximum atomic E-state index is 12.7. The lowest BCUT2D eigenvalue weighted by Crippen LogP contribution is -2.25. The zero-order chi connectivity index (χ0) is 21.6. The molecular weight excluding hydrogens is 397 g/mol. The Hall–Kier alpha value is -3.01. The second-order valence-corrected chi connectivity index (χ2v) is 6.59. The quantitative estimate of drug-likeness (QED) is 0.515. The Kier molecular flexibility index (Phi) is 6.99. The van der Waals surface area contributed by atoms with Crippen molar-refractivity contribution in [1.82, 2.24) is 25.0 Å². The van der Waals surface area contributed by atoms with Crippen molar-refractivity contribution in [3.8, 4) is 22.8 Å². The van der Waals surface area contributed by atoms with Crippen LogP contribution in [0.3, 0.4) is 0 Å². The van der Waals surface area contributed by atoms with Gasteiger partial charge in [-0.2, -0.15) is 18.2 Å². The molecule has 10 heteroatoms. The molecule has 3 heterocycles.